The normalized spacial score (nSPS) is 20.5. The second-order valence-electron chi connectivity index (χ2n) is 10.3. The number of rotatable bonds is 6. The number of carbonyl (C=O) groups is 5. The highest BCUT2D eigenvalue weighted by Crippen LogP contribution is 2.46. The average Bonchev–Trinajstić information content (AvgIpc) is 3.42. The number of benzene rings is 2. The Morgan fingerprint density at radius 1 is 1.18 bits per heavy atom. The van der Waals surface area contributed by atoms with Crippen molar-refractivity contribution < 1.29 is 32.8 Å². The Morgan fingerprint density at radius 2 is 1.87 bits per heavy atom. The molecule has 3 atom stereocenters. The number of likely N-dealkylation sites (N-methyl/N-ethyl adjacent to an activating group) is 1. The van der Waals surface area contributed by atoms with Gasteiger partial charge in [0.25, 0.3) is 0 Å². The lowest BCUT2D eigenvalue weighted by molar-refractivity contribution is -0.151. The molecular weight excluding hydrogens is 512 g/mol. The van der Waals surface area contributed by atoms with Crippen LogP contribution in [0.5, 0.6) is 0 Å². The van der Waals surface area contributed by atoms with E-state index in [0.29, 0.717) is 17.3 Å². The number of likely N-dealkylation sites (tertiary alicyclic amines) is 1. The van der Waals surface area contributed by atoms with Crippen LogP contribution < -0.4 is 16.4 Å². The van der Waals surface area contributed by atoms with Gasteiger partial charge in [-0.25, -0.2) is 8.78 Å². The Hall–Kier alpha value is -4.35. The summed E-state index contributed by atoms with van der Waals surface area (Å²) in [6.45, 7) is 3.47. The van der Waals surface area contributed by atoms with Crippen molar-refractivity contribution in [2.24, 2.45) is 11.7 Å². The minimum absolute atomic E-state index is 0.0344. The van der Waals surface area contributed by atoms with Gasteiger partial charge in [-0.05, 0) is 42.5 Å². The predicted molar refractivity (Wildman–Crippen MR) is 137 cm³/mol. The minimum atomic E-state index is -1.24. The first-order valence-electron chi connectivity index (χ1n) is 12.4. The standard InChI is InChI=1S/C27H29F2N5O5/c1-14(2)10-20(33(3)25(38)23(36)31-19-9-8-15(28)11-17(19)29)24(37)34-13-27(12-21(34)22(30)35)16-6-4-5-7-18(16)32-26(27)39/h4-9,11,14,20-21H,10,12-13H2,1-3H3,(H2,30,35)(H,31,36)(H,32,39)/t20-,21-,27-/m0/s1. The summed E-state index contributed by atoms with van der Waals surface area (Å²) in [6.07, 6.45) is 0.0876. The van der Waals surface area contributed by atoms with E-state index in [1.165, 1.54) is 11.9 Å². The van der Waals surface area contributed by atoms with Crippen LogP contribution in [0, 0.1) is 17.6 Å². The number of nitrogens with two attached hydrogens (primary N) is 1. The number of hydrogen-bond acceptors (Lipinski definition) is 5. The fourth-order valence-corrected chi connectivity index (χ4v) is 5.26. The van der Waals surface area contributed by atoms with Gasteiger partial charge in [0.2, 0.25) is 17.7 Å². The molecule has 2 aromatic rings. The number of carbonyl (C=O) groups excluding carboxylic acids is 5. The number of nitrogens with zero attached hydrogens (tertiary/aromatic N) is 2. The van der Waals surface area contributed by atoms with Crippen molar-refractivity contribution in [3.05, 3.63) is 59.7 Å². The summed E-state index contributed by atoms with van der Waals surface area (Å²) in [5.74, 6) is -6.26. The quantitative estimate of drug-likeness (QED) is 0.478. The second-order valence-corrected chi connectivity index (χ2v) is 10.3. The molecule has 0 bridgehead atoms. The summed E-state index contributed by atoms with van der Waals surface area (Å²) < 4.78 is 27.2. The molecule has 0 radical (unpaired) electrons. The van der Waals surface area contributed by atoms with E-state index in [9.17, 15) is 32.8 Å². The lowest BCUT2D eigenvalue weighted by Crippen LogP contribution is -2.55. The maximum Gasteiger partial charge on any atom is 0.313 e. The fraction of sp³-hybridized carbons (Fsp3) is 0.370. The number of nitrogens with one attached hydrogen (secondary N) is 2. The van der Waals surface area contributed by atoms with Crippen LogP contribution in [-0.2, 0) is 29.4 Å². The molecule has 2 heterocycles. The van der Waals surface area contributed by atoms with Crippen molar-refractivity contribution in [3.8, 4) is 0 Å². The maximum atomic E-state index is 14.0. The molecule has 2 aliphatic heterocycles. The zero-order valence-electron chi connectivity index (χ0n) is 21.7. The molecule has 1 spiro atoms. The molecule has 5 amide bonds. The van der Waals surface area contributed by atoms with E-state index in [1.807, 2.05) is 13.8 Å². The van der Waals surface area contributed by atoms with E-state index >= 15 is 0 Å². The third kappa shape index (κ3) is 5.06. The highest BCUT2D eigenvalue weighted by atomic mass is 19.1. The average molecular weight is 542 g/mol. The summed E-state index contributed by atoms with van der Waals surface area (Å²) in [4.78, 5) is 67.4. The van der Waals surface area contributed by atoms with Gasteiger partial charge in [0, 0.05) is 25.3 Å². The van der Waals surface area contributed by atoms with Crippen LogP contribution >= 0.6 is 0 Å². The summed E-state index contributed by atoms with van der Waals surface area (Å²) in [7, 11) is 1.25. The van der Waals surface area contributed by atoms with Crippen molar-refractivity contribution in [1.29, 1.82) is 0 Å². The largest absolute Gasteiger partial charge is 0.368 e. The molecule has 12 heteroatoms. The highest BCUT2D eigenvalue weighted by Gasteiger charge is 2.57. The Morgan fingerprint density at radius 3 is 2.51 bits per heavy atom. The molecule has 1 saturated heterocycles. The zero-order valence-corrected chi connectivity index (χ0v) is 21.7. The van der Waals surface area contributed by atoms with Gasteiger partial charge in [-0.15, -0.1) is 0 Å². The van der Waals surface area contributed by atoms with Gasteiger partial charge in [-0.1, -0.05) is 32.0 Å². The van der Waals surface area contributed by atoms with Crippen molar-refractivity contribution in [2.45, 2.75) is 44.2 Å². The van der Waals surface area contributed by atoms with Gasteiger partial charge in [-0.3, -0.25) is 24.0 Å². The Kier molecular flexibility index (Phi) is 7.40. The van der Waals surface area contributed by atoms with Crippen LogP contribution in [0.4, 0.5) is 20.2 Å². The molecule has 2 aromatic carbocycles. The number of amides is 5. The summed E-state index contributed by atoms with van der Waals surface area (Å²) >= 11 is 0. The van der Waals surface area contributed by atoms with Gasteiger partial charge >= 0.3 is 11.8 Å². The molecule has 10 nitrogen and oxygen atoms in total. The van der Waals surface area contributed by atoms with Gasteiger partial charge in [-0.2, -0.15) is 0 Å². The predicted octanol–water partition coefficient (Wildman–Crippen LogP) is 1.75. The number of hydrogen-bond donors (Lipinski definition) is 3. The topological polar surface area (TPSA) is 142 Å². The summed E-state index contributed by atoms with van der Waals surface area (Å²) in [5, 5.41) is 4.89. The SMILES string of the molecule is CC(C)C[C@@H](C(=O)N1C[C@]2(C[C@H]1C(N)=O)C(=O)Nc1ccccc12)N(C)C(=O)C(=O)Nc1ccc(F)cc1F. The van der Waals surface area contributed by atoms with Crippen LogP contribution in [-0.4, -0.2) is 65.0 Å². The lowest BCUT2D eigenvalue weighted by Gasteiger charge is -2.33. The van der Waals surface area contributed by atoms with Gasteiger partial charge in [0.05, 0.1) is 11.1 Å². The summed E-state index contributed by atoms with van der Waals surface area (Å²) in [6, 6.07) is 7.10. The monoisotopic (exact) mass is 541 g/mol. The first-order chi connectivity index (χ1) is 18.4. The third-order valence-corrected chi connectivity index (χ3v) is 7.24. The molecule has 1 fully saturated rings. The Bertz CT molecular complexity index is 1370. The van der Waals surface area contributed by atoms with Gasteiger partial charge in [0.1, 0.15) is 23.7 Å². The van der Waals surface area contributed by atoms with Crippen molar-refractivity contribution in [3.63, 3.8) is 0 Å². The molecule has 206 valence electrons. The van der Waals surface area contributed by atoms with Crippen LogP contribution in [0.2, 0.25) is 0 Å². The molecule has 0 saturated carbocycles. The van der Waals surface area contributed by atoms with Gasteiger partial charge in [0.15, 0.2) is 0 Å². The van der Waals surface area contributed by atoms with Gasteiger partial charge < -0.3 is 26.2 Å². The van der Waals surface area contributed by atoms with E-state index in [0.717, 1.165) is 17.0 Å². The number of para-hydroxylation sites is 1. The second kappa shape index (κ2) is 10.4. The smallest absolute Gasteiger partial charge is 0.313 e. The fourth-order valence-electron chi connectivity index (χ4n) is 5.26. The Balaban J connectivity index is 1.61. The van der Waals surface area contributed by atoms with E-state index < -0.39 is 58.4 Å². The molecule has 0 aliphatic carbocycles. The maximum absolute atomic E-state index is 14.0. The first kappa shape index (κ1) is 27.7. The minimum Gasteiger partial charge on any atom is -0.368 e. The molecule has 0 aromatic heterocycles. The molecule has 2 aliphatic rings. The third-order valence-electron chi connectivity index (χ3n) is 7.24. The van der Waals surface area contributed by atoms with Crippen LogP contribution in [0.25, 0.3) is 0 Å². The van der Waals surface area contributed by atoms with Crippen LogP contribution in [0.15, 0.2) is 42.5 Å². The molecule has 4 rings (SSSR count). The van der Waals surface area contributed by atoms with E-state index in [4.69, 9.17) is 5.73 Å². The van der Waals surface area contributed by atoms with Crippen molar-refractivity contribution in [1.82, 2.24) is 9.80 Å². The summed E-state index contributed by atoms with van der Waals surface area (Å²) in [5.41, 5.74) is 5.28. The number of anilines is 2. The van der Waals surface area contributed by atoms with E-state index in [1.54, 1.807) is 24.3 Å². The van der Waals surface area contributed by atoms with E-state index in [-0.39, 0.29) is 31.2 Å². The zero-order chi connectivity index (χ0) is 28.6. The molecule has 0 unspecified atom stereocenters. The first-order valence-corrected chi connectivity index (χ1v) is 12.4. The van der Waals surface area contributed by atoms with Crippen LogP contribution in [0.3, 0.4) is 0 Å². The Labute approximate surface area is 223 Å². The lowest BCUT2D eigenvalue weighted by atomic mass is 9.79. The number of fused-ring (bicyclic) bond motifs is 2. The van der Waals surface area contributed by atoms with Crippen molar-refractivity contribution >= 4 is 40.9 Å². The molecule has 4 N–H and O–H groups in total. The highest BCUT2D eigenvalue weighted by molar-refractivity contribution is 6.39. The number of primary amides is 1. The van der Waals surface area contributed by atoms with Crippen molar-refractivity contribution in [2.75, 3.05) is 24.2 Å². The number of halogens is 2. The molecule has 39 heavy (non-hydrogen) atoms. The molecular formula is C27H29F2N5O5. The van der Waals surface area contributed by atoms with Crippen LogP contribution in [0.1, 0.15) is 32.3 Å². The van der Waals surface area contributed by atoms with E-state index in [2.05, 4.69) is 10.6 Å².